The number of aryl methyl sites for hydroxylation is 3. The van der Waals surface area contributed by atoms with Crippen molar-refractivity contribution in [3.63, 3.8) is 0 Å². The van der Waals surface area contributed by atoms with Gasteiger partial charge in [0.15, 0.2) is 5.75 Å². The minimum Gasteiger partial charge on any atom is -0.506 e. The van der Waals surface area contributed by atoms with Crippen LogP contribution in [0.4, 0.5) is 34.1 Å². The fraction of sp³-hybridized carbons (Fsp3) is 0.105. The highest BCUT2D eigenvalue weighted by atomic mass is 16.3. The topological polar surface area (TPSA) is 115 Å². The van der Waals surface area contributed by atoms with Gasteiger partial charge >= 0.3 is 0 Å². The van der Waals surface area contributed by atoms with E-state index in [1.807, 2.05) is 99.6 Å². The molecule has 46 heavy (non-hydrogen) atoms. The predicted molar refractivity (Wildman–Crippen MR) is 183 cm³/mol. The third kappa shape index (κ3) is 6.87. The second-order valence-electron chi connectivity index (χ2n) is 11.1. The lowest BCUT2D eigenvalue weighted by Crippen LogP contribution is -1.88. The van der Waals surface area contributed by atoms with Gasteiger partial charge in [0.25, 0.3) is 0 Å². The first-order valence-corrected chi connectivity index (χ1v) is 14.9. The van der Waals surface area contributed by atoms with Crippen LogP contribution in [-0.2, 0) is 6.42 Å². The molecule has 0 aliphatic heterocycles. The van der Waals surface area contributed by atoms with Crippen LogP contribution in [0.3, 0.4) is 0 Å². The van der Waals surface area contributed by atoms with Gasteiger partial charge in [-0.25, -0.2) is 0 Å². The molecule has 0 atom stereocenters. The molecule has 0 unspecified atom stereocenters. The zero-order valence-corrected chi connectivity index (χ0v) is 25.8. The largest absolute Gasteiger partial charge is 0.506 e. The van der Waals surface area contributed by atoms with Gasteiger partial charge in [-0.3, -0.25) is 0 Å². The zero-order valence-electron chi connectivity index (χ0n) is 25.8. The van der Waals surface area contributed by atoms with Crippen LogP contribution < -0.4 is 0 Å². The average Bonchev–Trinajstić information content (AvgIpc) is 3.06. The number of nitrogens with zero attached hydrogens (tertiary/aromatic N) is 6. The summed E-state index contributed by atoms with van der Waals surface area (Å²) in [6.45, 7) is 5.75. The van der Waals surface area contributed by atoms with Gasteiger partial charge in [-0.05, 0) is 96.8 Å². The summed E-state index contributed by atoms with van der Waals surface area (Å²) in [5, 5.41) is 49.3. The summed E-state index contributed by atoms with van der Waals surface area (Å²) in [4.78, 5) is 0. The summed E-state index contributed by atoms with van der Waals surface area (Å²) in [7, 11) is 0. The van der Waals surface area contributed by atoms with E-state index in [9.17, 15) is 10.2 Å². The van der Waals surface area contributed by atoms with Gasteiger partial charge in [-0.1, -0.05) is 72.8 Å². The second-order valence-corrected chi connectivity index (χ2v) is 11.1. The minimum atomic E-state index is -0.0984. The zero-order chi connectivity index (χ0) is 32.0. The molecule has 0 saturated heterocycles. The van der Waals surface area contributed by atoms with Crippen molar-refractivity contribution in [2.75, 3.05) is 0 Å². The smallest absolute Gasteiger partial charge is 0.150 e. The molecule has 0 saturated carbocycles. The molecule has 8 nitrogen and oxygen atoms in total. The first-order valence-electron chi connectivity index (χ1n) is 14.9. The van der Waals surface area contributed by atoms with Crippen molar-refractivity contribution in [1.82, 2.24) is 0 Å². The van der Waals surface area contributed by atoms with Crippen molar-refractivity contribution in [3.8, 4) is 11.5 Å². The van der Waals surface area contributed by atoms with Crippen LogP contribution in [0, 0.1) is 20.8 Å². The Hall–Kier alpha value is -6.02. The Morgan fingerprint density at radius 2 is 1.00 bits per heavy atom. The molecule has 0 bridgehead atoms. The molecule has 226 valence electrons. The van der Waals surface area contributed by atoms with Crippen molar-refractivity contribution < 1.29 is 10.2 Å². The van der Waals surface area contributed by atoms with E-state index < -0.39 is 0 Å². The highest BCUT2D eigenvalue weighted by Gasteiger charge is 2.11. The monoisotopic (exact) mass is 604 g/mol. The maximum Gasteiger partial charge on any atom is 0.150 e. The van der Waals surface area contributed by atoms with Gasteiger partial charge in [0, 0.05) is 11.5 Å². The van der Waals surface area contributed by atoms with Crippen LogP contribution in [0.1, 0.15) is 27.8 Å². The lowest BCUT2D eigenvalue weighted by atomic mass is 10.0. The first kappa shape index (κ1) is 30.0. The number of hydrogen-bond acceptors (Lipinski definition) is 8. The molecule has 0 aromatic heterocycles. The van der Waals surface area contributed by atoms with Crippen LogP contribution >= 0.6 is 0 Å². The van der Waals surface area contributed by atoms with E-state index in [2.05, 4.69) is 48.9 Å². The number of benzene rings is 6. The molecule has 6 rings (SSSR count). The van der Waals surface area contributed by atoms with Crippen molar-refractivity contribution >= 4 is 44.9 Å². The fourth-order valence-electron chi connectivity index (χ4n) is 5.05. The lowest BCUT2D eigenvalue weighted by molar-refractivity contribution is 0.475. The van der Waals surface area contributed by atoms with Gasteiger partial charge in [-0.15, -0.1) is 10.2 Å². The molecule has 6 aromatic rings. The van der Waals surface area contributed by atoms with E-state index >= 15 is 0 Å². The summed E-state index contributed by atoms with van der Waals surface area (Å²) >= 11 is 0. The van der Waals surface area contributed by atoms with Crippen LogP contribution in [0.15, 0.2) is 146 Å². The Kier molecular flexibility index (Phi) is 8.69. The van der Waals surface area contributed by atoms with Gasteiger partial charge in [0.1, 0.15) is 17.1 Å². The number of phenolic OH excluding ortho intramolecular Hbond substituents is 2. The van der Waals surface area contributed by atoms with Crippen molar-refractivity contribution in [3.05, 3.63) is 143 Å². The summed E-state index contributed by atoms with van der Waals surface area (Å²) in [5.41, 5.74) is 8.24. The molecule has 0 aliphatic rings. The SMILES string of the molecule is Cc1cc(N=Nc2cc(O)c(N=Nc3ccc4cc(Cc5ccccc5)ccc4c3O)cc2C)c(C)cc1N=Nc1ccccc1. The van der Waals surface area contributed by atoms with E-state index in [-0.39, 0.29) is 17.2 Å². The second kappa shape index (κ2) is 13.3. The lowest BCUT2D eigenvalue weighted by Gasteiger charge is -2.08. The Labute approximate surface area is 267 Å². The van der Waals surface area contributed by atoms with Crippen LogP contribution in [0.25, 0.3) is 10.8 Å². The molecule has 6 aromatic carbocycles. The highest BCUT2D eigenvalue weighted by Crippen LogP contribution is 2.39. The van der Waals surface area contributed by atoms with Crippen LogP contribution in [-0.4, -0.2) is 10.2 Å². The van der Waals surface area contributed by atoms with E-state index in [1.165, 1.54) is 11.6 Å². The summed E-state index contributed by atoms with van der Waals surface area (Å²) in [6, 6.07) is 36.5. The molecule has 0 radical (unpaired) electrons. The van der Waals surface area contributed by atoms with Gasteiger partial charge in [-0.2, -0.15) is 20.5 Å². The molecule has 8 heteroatoms. The highest BCUT2D eigenvalue weighted by molar-refractivity contribution is 5.92. The first-order chi connectivity index (χ1) is 22.3. The maximum absolute atomic E-state index is 10.9. The maximum atomic E-state index is 10.9. The molecule has 0 fully saturated rings. The predicted octanol–water partition coefficient (Wildman–Crippen LogP) is 12.0. The summed E-state index contributed by atoms with van der Waals surface area (Å²) in [6.07, 6.45) is 0.806. The standard InChI is InChI=1S/C38H32N6O2/c1-24-19-34(25(2)18-33(24)41-39-30-12-8-5-9-13-30)42-43-35-23-37(45)36(20-26(35)3)44-40-32-17-15-29-22-28(14-16-31(29)38(32)46)21-27-10-6-4-7-11-27/h4-20,22-23,45-46H,21H2,1-3H3. The Morgan fingerprint density at radius 3 is 1.67 bits per heavy atom. The van der Waals surface area contributed by atoms with Crippen LogP contribution in [0.2, 0.25) is 0 Å². The Balaban J connectivity index is 1.18. The molecular formula is C38H32N6O2. The number of hydrogen-bond donors (Lipinski definition) is 2. The summed E-state index contributed by atoms with van der Waals surface area (Å²) in [5.74, 6) is -0.0638. The quantitative estimate of drug-likeness (QED) is 0.168. The van der Waals surface area contributed by atoms with E-state index in [1.54, 1.807) is 12.1 Å². The number of rotatable bonds is 8. The average molecular weight is 605 g/mol. The summed E-state index contributed by atoms with van der Waals surface area (Å²) < 4.78 is 0. The third-order valence-corrected chi connectivity index (χ3v) is 7.65. The molecule has 0 heterocycles. The molecule has 2 N–H and O–H groups in total. The Morgan fingerprint density at radius 1 is 0.457 bits per heavy atom. The van der Waals surface area contributed by atoms with Crippen molar-refractivity contribution in [1.29, 1.82) is 0 Å². The van der Waals surface area contributed by atoms with Gasteiger partial charge in [0.2, 0.25) is 0 Å². The van der Waals surface area contributed by atoms with E-state index in [0.717, 1.165) is 45.4 Å². The minimum absolute atomic E-state index is 0.0346. The van der Waals surface area contributed by atoms with Crippen molar-refractivity contribution in [2.24, 2.45) is 30.7 Å². The number of fused-ring (bicyclic) bond motifs is 1. The van der Waals surface area contributed by atoms with Crippen molar-refractivity contribution in [2.45, 2.75) is 27.2 Å². The number of phenols is 2. The normalized spacial score (nSPS) is 11.8. The molecule has 0 spiro atoms. The van der Waals surface area contributed by atoms with Gasteiger partial charge in [0.05, 0.1) is 22.7 Å². The molecule has 0 amide bonds. The van der Waals surface area contributed by atoms with E-state index in [4.69, 9.17) is 0 Å². The Bertz CT molecular complexity index is 2120. The van der Waals surface area contributed by atoms with Gasteiger partial charge < -0.3 is 10.2 Å². The van der Waals surface area contributed by atoms with E-state index in [0.29, 0.717) is 22.4 Å². The number of aromatic hydroxyl groups is 2. The van der Waals surface area contributed by atoms with Crippen LogP contribution in [0.5, 0.6) is 11.5 Å². The third-order valence-electron chi connectivity index (χ3n) is 7.65. The molecular weight excluding hydrogens is 572 g/mol. The number of azo groups is 3. The molecule has 0 aliphatic carbocycles. The fourth-order valence-corrected chi connectivity index (χ4v) is 5.05.